The number of carboxylic acids is 1. The Morgan fingerprint density at radius 1 is 0.886 bits per heavy atom. The average molecular weight is 607 g/mol. The monoisotopic (exact) mass is 606 g/mol. The summed E-state index contributed by atoms with van der Waals surface area (Å²) < 4.78 is 23.4. The van der Waals surface area contributed by atoms with E-state index in [0.29, 0.717) is 43.6 Å². The number of rotatable bonds is 9. The number of hydrogen-bond donors (Lipinski definition) is 1. The molecule has 1 heterocycles. The fourth-order valence-corrected chi connectivity index (χ4v) is 8.28. The van der Waals surface area contributed by atoms with Crippen LogP contribution in [0.1, 0.15) is 73.1 Å². The molecule has 3 fully saturated rings. The third-order valence-electron chi connectivity index (χ3n) is 10.6. The minimum Gasteiger partial charge on any atom is -0.481 e. The number of esters is 3. The van der Waals surface area contributed by atoms with Crippen LogP contribution in [0.2, 0.25) is 0 Å². The molecule has 3 aliphatic rings. The van der Waals surface area contributed by atoms with Gasteiger partial charge in [0.1, 0.15) is 12.2 Å². The molecule has 2 aromatic rings. The van der Waals surface area contributed by atoms with Crippen molar-refractivity contribution in [1.29, 1.82) is 0 Å². The molecule has 9 heteroatoms. The van der Waals surface area contributed by atoms with Crippen molar-refractivity contribution in [2.75, 3.05) is 20.3 Å². The molecule has 0 aromatic heterocycles. The number of methoxy groups -OCH3 is 1. The normalized spacial score (nSPS) is 33.1. The summed E-state index contributed by atoms with van der Waals surface area (Å²) in [4.78, 5) is 53.5. The standard InChI is InChI=1S/C35H42O9/c1-34(17-14-22-16-19-42-21-22)25(30(36)37)15-18-35(2)26(33(40)41-3)20-27(43-31(38)23-10-6-4-7-11-23)28(29(34)35)44-32(39)24-12-8-5-9-13-24/h4-13,22,25-29H,14-21H2,1-3H3,(H,36,37)/t22?,25-,26-,27-,28-,29?,34-,35-/m0/s1. The van der Waals surface area contributed by atoms with E-state index in [9.17, 15) is 24.3 Å². The van der Waals surface area contributed by atoms with Crippen LogP contribution < -0.4 is 0 Å². The second-order valence-corrected chi connectivity index (χ2v) is 13.0. The lowest BCUT2D eigenvalue weighted by molar-refractivity contribution is -0.217. The second-order valence-electron chi connectivity index (χ2n) is 13.0. The van der Waals surface area contributed by atoms with E-state index in [1.807, 2.05) is 13.8 Å². The van der Waals surface area contributed by atoms with Gasteiger partial charge in [-0.2, -0.15) is 0 Å². The van der Waals surface area contributed by atoms with E-state index < -0.39 is 64.7 Å². The topological polar surface area (TPSA) is 125 Å². The number of ether oxygens (including phenoxy) is 4. The summed E-state index contributed by atoms with van der Waals surface area (Å²) in [6.07, 6.45) is 0.970. The molecule has 1 saturated heterocycles. The zero-order valence-electron chi connectivity index (χ0n) is 25.6. The van der Waals surface area contributed by atoms with Crippen LogP contribution in [0.3, 0.4) is 0 Å². The smallest absolute Gasteiger partial charge is 0.338 e. The Morgan fingerprint density at radius 3 is 2.05 bits per heavy atom. The number of aliphatic carboxylic acids is 1. The molecule has 2 aromatic carbocycles. The van der Waals surface area contributed by atoms with Gasteiger partial charge in [-0.25, -0.2) is 9.59 Å². The van der Waals surface area contributed by atoms with Gasteiger partial charge in [0.2, 0.25) is 0 Å². The molecule has 2 saturated carbocycles. The number of carboxylic acid groups (broad SMARTS) is 1. The first-order valence-electron chi connectivity index (χ1n) is 15.5. The summed E-state index contributed by atoms with van der Waals surface area (Å²) in [7, 11) is 1.33. The molecular weight excluding hydrogens is 564 g/mol. The Balaban J connectivity index is 1.62. The minimum atomic E-state index is -1.01. The molecule has 0 spiro atoms. The average Bonchev–Trinajstić information content (AvgIpc) is 3.55. The highest BCUT2D eigenvalue weighted by molar-refractivity contribution is 5.90. The lowest BCUT2D eigenvalue weighted by Gasteiger charge is -2.62. The van der Waals surface area contributed by atoms with Crippen molar-refractivity contribution in [2.24, 2.45) is 34.5 Å². The van der Waals surface area contributed by atoms with Gasteiger partial charge in [-0.15, -0.1) is 0 Å². The summed E-state index contributed by atoms with van der Waals surface area (Å²) in [5.74, 6) is -4.41. The van der Waals surface area contributed by atoms with Crippen LogP contribution in [0.15, 0.2) is 60.7 Å². The van der Waals surface area contributed by atoms with E-state index in [0.717, 1.165) is 12.8 Å². The van der Waals surface area contributed by atoms with Crippen molar-refractivity contribution in [2.45, 2.75) is 64.6 Å². The van der Waals surface area contributed by atoms with Gasteiger partial charge in [0.05, 0.1) is 30.1 Å². The van der Waals surface area contributed by atoms with Gasteiger partial charge in [-0.1, -0.05) is 50.2 Å². The second kappa shape index (κ2) is 13.1. The summed E-state index contributed by atoms with van der Waals surface area (Å²) in [6, 6.07) is 17.0. The molecule has 2 unspecified atom stereocenters. The Bertz CT molecular complexity index is 1340. The van der Waals surface area contributed by atoms with Crippen LogP contribution in [-0.4, -0.2) is 61.5 Å². The van der Waals surface area contributed by atoms with Gasteiger partial charge in [-0.3, -0.25) is 9.59 Å². The Kier molecular flexibility index (Phi) is 9.44. The Morgan fingerprint density at radius 2 is 1.50 bits per heavy atom. The molecule has 0 bridgehead atoms. The van der Waals surface area contributed by atoms with Gasteiger partial charge in [0.25, 0.3) is 0 Å². The molecule has 0 amide bonds. The van der Waals surface area contributed by atoms with E-state index in [-0.39, 0.29) is 12.3 Å². The van der Waals surface area contributed by atoms with E-state index in [4.69, 9.17) is 18.9 Å². The SMILES string of the molecule is COC(=O)[C@@H]1C[C@H](OC(=O)c2ccccc2)[C@H](OC(=O)c2ccccc2)C2[C@@](C)(CCC3CCOC3)[C@H](C(=O)O)CC[C@]21C. The molecule has 9 nitrogen and oxygen atoms in total. The number of hydrogen-bond acceptors (Lipinski definition) is 8. The zero-order valence-corrected chi connectivity index (χ0v) is 25.6. The van der Waals surface area contributed by atoms with Crippen molar-refractivity contribution in [3.05, 3.63) is 71.8 Å². The van der Waals surface area contributed by atoms with Crippen LogP contribution in [0.25, 0.3) is 0 Å². The fraction of sp³-hybridized carbons (Fsp3) is 0.543. The highest BCUT2D eigenvalue weighted by Crippen LogP contribution is 2.64. The Hall–Kier alpha value is -3.72. The summed E-state index contributed by atoms with van der Waals surface area (Å²) in [6.45, 7) is 5.21. The van der Waals surface area contributed by atoms with E-state index in [2.05, 4.69) is 0 Å². The molecule has 44 heavy (non-hydrogen) atoms. The molecule has 236 valence electrons. The zero-order chi connectivity index (χ0) is 31.5. The molecule has 1 N–H and O–H groups in total. The number of benzene rings is 2. The van der Waals surface area contributed by atoms with Crippen LogP contribution in [0.4, 0.5) is 0 Å². The van der Waals surface area contributed by atoms with Crippen LogP contribution in [-0.2, 0) is 28.5 Å². The summed E-state index contributed by atoms with van der Waals surface area (Å²) >= 11 is 0. The molecule has 1 aliphatic heterocycles. The van der Waals surface area contributed by atoms with Gasteiger partial charge in [0, 0.05) is 25.6 Å². The van der Waals surface area contributed by atoms with Gasteiger partial charge in [-0.05, 0) is 73.1 Å². The maximum Gasteiger partial charge on any atom is 0.338 e. The van der Waals surface area contributed by atoms with Crippen molar-refractivity contribution >= 4 is 23.9 Å². The first-order chi connectivity index (χ1) is 21.1. The van der Waals surface area contributed by atoms with Gasteiger partial charge >= 0.3 is 23.9 Å². The van der Waals surface area contributed by atoms with Crippen molar-refractivity contribution in [1.82, 2.24) is 0 Å². The van der Waals surface area contributed by atoms with Gasteiger partial charge < -0.3 is 24.1 Å². The third-order valence-corrected chi connectivity index (χ3v) is 10.6. The van der Waals surface area contributed by atoms with Crippen molar-refractivity contribution < 1.29 is 43.2 Å². The summed E-state index contributed by atoms with van der Waals surface area (Å²) in [5, 5.41) is 10.6. The van der Waals surface area contributed by atoms with Crippen LogP contribution in [0, 0.1) is 34.5 Å². The molecular formula is C35H42O9. The van der Waals surface area contributed by atoms with Crippen LogP contribution in [0.5, 0.6) is 0 Å². The molecule has 2 aliphatic carbocycles. The predicted molar refractivity (Wildman–Crippen MR) is 160 cm³/mol. The third kappa shape index (κ3) is 6.11. The summed E-state index contributed by atoms with van der Waals surface area (Å²) in [5.41, 5.74) is -1.06. The van der Waals surface area contributed by atoms with Gasteiger partial charge in [0.15, 0.2) is 0 Å². The number of carbonyl (C=O) groups is 4. The van der Waals surface area contributed by atoms with E-state index in [1.165, 1.54) is 7.11 Å². The lowest BCUT2D eigenvalue weighted by Crippen LogP contribution is -2.65. The predicted octanol–water partition coefficient (Wildman–Crippen LogP) is 5.57. The maximum atomic E-state index is 13.7. The number of carbonyl (C=O) groups excluding carboxylic acids is 3. The highest BCUT2D eigenvalue weighted by Gasteiger charge is 2.67. The largest absolute Gasteiger partial charge is 0.481 e. The molecule has 0 radical (unpaired) electrons. The highest BCUT2D eigenvalue weighted by atomic mass is 16.6. The van der Waals surface area contributed by atoms with E-state index in [1.54, 1.807) is 60.7 Å². The fourth-order valence-electron chi connectivity index (χ4n) is 8.28. The van der Waals surface area contributed by atoms with Crippen LogP contribution >= 0.6 is 0 Å². The molecule has 8 atom stereocenters. The minimum absolute atomic E-state index is 0.0786. The van der Waals surface area contributed by atoms with Crippen molar-refractivity contribution in [3.63, 3.8) is 0 Å². The number of fused-ring (bicyclic) bond motifs is 1. The Labute approximate surface area is 258 Å². The lowest BCUT2D eigenvalue weighted by atomic mass is 9.43. The molecule has 5 rings (SSSR count). The maximum absolute atomic E-state index is 13.7. The first kappa shape index (κ1) is 31.7. The van der Waals surface area contributed by atoms with E-state index >= 15 is 0 Å². The quantitative estimate of drug-likeness (QED) is 0.288. The first-order valence-corrected chi connectivity index (χ1v) is 15.5. The van der Waals surface area contributed by atoms with Crippen molar-refractivity contribution in [3.8, 4) is 0 Å².